The fraction of sp³-hybridized carbons (Fsp3) is 0.118. The first-order chi connectivity index (χ1) is 34.0. The highest BCUT2D eigenvalue weighted by atomic mass is 15.0. The highest BCUT2D eigenvalue weighted by Crippen LogP contribution is 2.45. The molecule has 2 nitrogen and oxygen atoms in total. The van der Waals surface area contributed by atoms with Crippen molar-refractivity contribution in [2.75, 3.05) is 0 Å². The summed E-state index contributed by atoms with van der Waals surface area (Å²) in [6, 6.07) is 73.0. The monoisotopic (exact) mass is 900 g/mol. The standard InChI is InChI=1S/C68H56N2/c1-41-17-13-18-42(2)65(41)49-29-33-61-55(37-49)56-38-50(66-43(3)19-14-20-44(66)4)30-34-62(56)69(61)59-27-11-9-25-53(59)54-26-10-12-28-60(54)70-63-35-31-51(67-45(5)21-15-22-46(67)6)39-57(63)58-40-52(32-36-64(58)70)68-47(7)23-16-24-48(68)8/h9-40H,1-8H3. The number of hydrogen-bond donors (Lipinski definition) is 0. The van der Waals surface area contributed by atoms with E-state index in [1.54, 1.807) is 0 Å². The number of nitrogens with zero attached hydrogens (tertiary/aromatic N) is 2. The molecular weight excluding hydrogens is 845 g/mol. The van der Waals surface area contributed by atoms with Crippen molar-refractivity contribution in [1.82, 2.24) is 9.13 Å². The molecule has 338 valence electrons. The maximum atomic E-state index is 2.51. The zero-order chi connectivity index (χ0) is 47.9. The van der Waals surface area contributed by atoms with Crippen LogP contribution in [0.4, 0.5) is 0 Å². The molecule has 12 rings (SSSR count). The lowest BCUT2D eigenvalue weighted by atomic mass is 9.93. The Morgan fingerprint density at radius 2 is 0.457 bits per heavy atom. The third-order valence-electron chi connectivity index (χ3n) is 15.2. The molecule has 0 aliphatic rings. The van der Waals surface area contributed by atoms with E-state index in [9.17, 15) is 0 Å². The average Bonchev–Trinajstić information content (AvgIpc) is 3.85. The fourth-order valence-electron chi connectivity index (χ4n) is 12.1. The Bertz CT molecular complexity index is 3530. The zero-order valence-electron chi connectivity index (χ0n) is 41.4. The summed E-state index contributed by atoms with van der Waals surface area (Å²) in [7, 11) is 0. The summed E-state index contributed by atoms with van der Waals surface area (Å²) in [6.45, 7) is 17.8. The topological polar surface area (TPSA) is 9.86 Å². The van der Waals surface area contributed by atoms with Crippen LogP contribution >= 0.6 is 0 Å². The fourth-order valence-corrected chi connectivity index (χ4v) is 12.1. The van der Waals surface area contributed by atoms with Gasteiger partial charge in [-0.25, -0.2) is 0 Å². The van der Waals surface area contributed by atoms with Crippen molar-refractivity contribution in [3.8, 4) is 67.0 Å². The lowest BCUT2D eigenvalue weighted by molar-refractivity contribution is 1.16. The van der Waals surface area contributed by atoms with Crippen molar-refractivity contribution < 1.29 is 0 Å². The normalized spacial score (nSPS) is 11.7. The largest absolute Gasteiger partial charge is 0.309 e. The minimum atomic E-state index is 1.14. The van der Waals surface area contributed by atoms with Crippen molar-refractivity contribution in [1.29, 1.82) is 0 Å². The SMILES string of the molecule is Cc1cccc(C)c1-c1ccc2c(c1)c1cc(-c3c(C)cccc3C)ccc1n2-c1ccccc1-c1ccccc1-n1c2ccc(-c3c(C)cccc3C)cc2c2cc(-c3c(C)cccc3C)ccc21. The summed E-state index contributed by atoms with van der Waals surface area (Å²) >= 11 is 0. The molecule has 0 bridgehead atoms. The smallest absolute Gasteiger partial charge is 0.0541 e. The lowest BCUT2D eigenvalue weighted by Crippen LogP contribution is -2.01. The van der Waals surface area contributed by atoms with Crippen molar-refractivity contribution >= 4 is 43.6 Å². The van der Waals surface area contributed by atoms with Crippen molar-refractivity contribution in [3.05, 3.63) is 239 Å². The molecule has 0 saturated heterocycles. The third kappa shape index (κ3) is 6.84. The van der Waals surface area contributed by atoms with Crippen LogP contribution in [0, 0.1) is 55.4 Å². The molecule has 0 saturated carbocycles. The Balaban J connectivity index is 1.11. The van der Waals surface area contributed by atoms with Crippen LogP contribution in [0.5, 0.6) is 0 Å². The van der Waals surface area contributed by atoms with Gasteiger partial charge in [-0.2, -0.15) is 0 Å². The second kappa shape index (κ2) is 16.8. The Morgan fingerprint density at radius 3 is 0.700 bits per heavy atom. The van der Waals surface area contributed by atoms with Crippen LogP contribution in [-0.2, 0) is 0 Å². The van der Waals surface area contributed by atoms with Gasteiger partial charge in [-0.3, -0.25) is 0 Å². The minimum Gasteiger partial charge on any atom is -0.309 e. The summed E-state index contributed by atoms with van der Waals surface area (Å²) in [5.41, 5.74) is 29.8. The molecule has 0 amide bonds. The number of benzene rings is 10. The molecule has 0 radical (unpaired) electrons. The first-order valence-corrected chi connectivity index (χ1v) is 24.7. The van der Waals surface area contributed by atoms with E-state index in [0.29, 0.717) is 0 Å². The van der Waals surface area contributed by atoms with E-state index in [2.05, 4.69) is 259 Å². The number of fused-ring (bicyclic) bond motifs is 6. The average molecular weight is 901 g/mol. The van der Waals surface area contributed by atoms with Gasteiger partial charge in [0.25, 0.3) is 0 Å². The van der Waals surface area contributed by atoms with Gasteiger partial charge in [0.15, 0.2) is 0 Å². The van der Waals surface area contributed by atoms with E-state index >= 15 is 0 Å². The predicted octanol–water partition coefficient (Wildman–Crippen LogP) is 18.7. The van der Waals surface area contributed by atoms with Crippen LogP contribution in [0.15, 0.2) is 194 Å². The molecule has 2 heterocycles. The zero-order valence-corrected chi connectivity index (χ0v) is 41.4. The van der Waals surface area contributed by atoms with E-state index in [1.807, 2.05) is 0 Å². The summed E-state index contributed by atoms with van der Waals surface area (Å²) in [4.78, 5) is 0. The van der Waals surface area contributed by atoms with Gasteiger partial charge < -0.3 is 9.13 Å². The van der Waals surface area contributed by atoms with Gasteiger partial charge in [0.05, 0.1) is 33.4 Å². The maximum Gasteiger partial charge on any atom is 0.0541 e. The first kappa shape index (κ1) is 43.1. The molecule has 0 unspecified atom stereocenters. The van der Waals surface area contributed by atoms with E-state index < -0.39 is 0 Å². The minimum absolute atomic E-state index is 1.14. The van der Waals surface area contributed by atoms with Crippen molar-refractivity contribution in [2.24, 2.45) is 0 Å². The van der Waals surface area contributed by atoms with Crippen molar-refractivity contribution in [2.45, 2.75) is 55.4 Å². The Morgan fingerprint density at radius 1 is 0.229 bits per heavy atom. The number of aryl methyl sites for hydroxylation is 8. The molecule has 2 heteroatoms. The van der Waals surface area contributed by atoms with Crippen LogP contribution in [-0.4, -0.2) is 9.13 Å². The summed E-state index contributed by atoms with van der Waals surface area (Å²) in [5.74, 6) is 0. The van der Waals surface area contributed by atoms with Gasteiger partial charge in [-0.15, -0.1) is 0 Å². The molecule has 70 heavy (non-hydrogen) atoms. The molecule has 12 aromatic rings. The second-order valence-electron chi connectivity index (χ2n) is 19.7. The summed E-state index contributed by atoms with van der Waals surface area (Å²) in [5, 5.41) is 4.97. The molecule has 0 fully saturated rings. The molecule has 0 atom stereocenters. The summed E-state index contributed by atoms with van der Waals surface area (Å²) in [6.07, 6.45) is 0. The molecule has 0 N–H and O–H groups in total. The number of para-hydroxylation sites is 2. The molecule has 10 aromatic carbocycles. The third-order valence-corrected chi connectivity index (χ3v) is 15.2. The number of rotatable bonds is 7. The molecular formula is C68H56N2. The van der Waals surface area contributed by atoms with Gasteiger partial charge in [0, 0.05) is 32.7 Å². The Labute approximate surface area is 411 Å². The van der Waals surface area contributed by atoms with E-state index in [0.717, 1.165) is 11.4 Å². The van der Waals surface area contributed by atoms with Crippen LogP contribution in [0.2, 0.25) is 0 Å². The van der Waals surface area contributed by atoms with Gasteiger partial charge in [-0.05, 0) is 205 Å². The van der Waals surface area contributed by atoms with Crippen LogP contribution in [0.25, 0.3) is 111 Å². The maximum absolute atomic E-state index is 2.51. The molecule has 0 aliphatic carbocycles. The van der Waals surface area contributed by atoms with Gasteiger partial charge >= 0.3 is 0 Å². The lowest BCUT2D eigenvalue weighted by Gasteiger charge is -2.19. The predicted molar refractivity (Wildman–Crippen MR) is 300 cm³/mol. The highest BCUT2D eigenvalue weighted by Gasteiger charge is 2.23. The Kier molecular flexibility index (Phi) is 10.3. The molecule has 0 spiro atoms. The first-order valence-electron chi connectivity index (χ1n) is 24.7. The summed E-state index contributed by atoms with van der Waals surface area (Å²) < 4.78 is 5.03. The quantitative estimate of drug-likeness (QED) is 0.151. The van der Waals surface area contributed by atoms with Crippen LogP contribution in [0.1, 0.15) is 44.5 Å². The highest BCUT2D eigenvalue weighted by molar-refractivity contribution is 6.14. The van der Waals surface area contributed by atoms with E-state index in [1.165, 1.54) is 144 Å². The van der Waals surface area contributed by atoms with E-state index in [-0.39, 0.29) is 0 Å². The van der Waals surface area contributed by atoms with E-state index in [4.69, 9.17) is 0 Å². The van der Waals surface area contributed by atoms with Gasteiger partial charge in [0.2, 0.25) is 0 Å². The van der Waals surface area contributed by atoms with Crippen molar-refractivity contribution in [3.63, 3.8) is 0 Å². The van der Waals surface area contributed by atoms with Gasteiger partial charge in [-0.1, -0.05) is 133 Å². The number of aromatic nitrogens is 2. The second-order valence-corrected chi connectivity index (χ2v) is 19.7. The Hall–Kier alpha value is -8.20. The number of hydrogen-bond acceptors (Lipinski definition) is 0. The molecule has 2 aromatic heterocycles. The van der Waals surface area contributed by atoms with Crippen LogP contribution in [0.3, 0.4) is 0 Å². The van der Waals surface area contributed by atoms with Crippen LogP contribution < -0.4 is 0 Å². The molecule has 0 aliphatic heterocycles. The van der Waals surface area contributed by atoms with Gasteiger partial charge in [0.1, 0.15) is 0 Å².